The molecule has 0 aliphatic heterocycles. The Labute approximate surface area is 129 Å². The monoisotopic (exact) mass is 291 g/mol. The molecule has 1 aromatic carbocycles. The molecule has 1 aliphatic carbocycles. The van der Waals surface area contributed by atoms with Gasteiger partial charge in [0, 0.05) is 6.54 Å². The zero-order valence-electron chi connectivity index (χ0n) is 13.3. The van der Waals surface area contributed by atoms with E-state index < -0.39 is 0 Å². The summed E-state index contributed by atoms with van der Waals surface area (Å²) >= 11 is 0. The average molecular weight is 291 g/mol. The predicted octanol–water partition coefficient (Wildman–Crippen LogP) is 4.02. The van der Waals surface area contributed by atoms with Crippen molar-refractivity contribution in [3.05, 3.63) is 24.3 Å². The summed E-state index contributed by atoms with van der Waals surface area (Å²) in [6.07, 6.45) is 8.03. The molecule has 0 heterocycles. The predicted molar refractivity (Wildman–Crippen MR) is 87.2 cm³/mol. The molecule has 0 aromatic heterocycles. The van der Waals surface area contributed by atoms with Crippen LogP contribution in [0.5, 0.6) is 11.5 Å². The minimum Gasteiger partial charge on any atom is -0.490 e. The molecule has 0 atom stereocenters. The minimum absolute atomic E-state index is 0.694. The summed E-state index contributed by atoms with van der Waals surface area (Å²) in [6, 6.07) is 7.93. The molecule has 0 radical (unpaired) electrons. The lowest BCUT2D eigenvalue weighted by molar-refractivity contribution is 0.262. The number of nitrogens with one attached hydrogen (secondary N) is 1. The number of rotatable bonds is 9. The molecule has 0 spiro atoms. The minimum atomic E-state index is 0.694. The Morgan fingerprint density at radius 1 is 1.00 bits per heavy atom. The van der Waals surface area contributed by atoms with E-state index in [-0.39, 0.29) is 0 Å². The van der Waals surface area contributed by atoms with E-state index in [1.807, 2.05) is 24.3 Å². The standard InChI is InChI=1S/C18H29NO2/c1-2-13-20-17-10-6-7-11-18(17)21-14-12-19-15-16-8-4-3-5-9-16/h6-7,10-11,16,19H,2-5,8-9,12-15H2,1H3. The molecule has 1 fully saturated rings. The van der Waals surface area contributed by atoms with Crippen molar-refractivity contribution in [3.8, 4) is 11.5 Å². The summed E-state index contributed by atoms with van der Waals surface area (Å²) in [5.41, 5.74) is 0. The molecule has 0 bridgehead atoms. The van der Waals surface area contributed by atoms with Crippen LogP contribution >= 0.6 is 0 Å². The van der Waals surface area contributed by atoms with Crippen LogP contribution in [0.15, 0.2) is 24.3 Å². The van der Waals surface area contributed by atoms with Crippen LogP contribution in [-0.4, -0.2) is 26.3 Å². The lowest BCUT2D eigenvalue weighted by atomic mass is 9.89. The Balaban J connectivity index is 1.63. The second-order valence-corrected chi connectivity index (χ2v) is 5.85. The van der Waals surface area contributed by atoms with Gasteiger partial charge in [-0.3, -0.25) is 0 Å². The molecular formula is C18H29NO2. The molecule has 118 valence electrons. The van der Waals surface area contributed by atoms with Crippen molar-refractivity contribution in [3.63, 3.8) is 0 Å². The van der Waals surface area contributed by atoms with Gasteiger partial charge >= 0.3 is 0 Å². The molecule has 2 rings (SSSR count). The quantitative estimate of drug-likeness (QED) is 0.697. The summed E-state index contributed by atoms with van der Waals surface area (Å²) in [7, 11) is 0. The molecule has 21 heavy (non-hydrogen) atoms. The summed E-state index contributed by atoms with van der Waals surface area (Å²) < 4.78 is 11.5. The van der Waals surface area contributed by atoms with Crippen LogP contribution in [0.2, 0.25) is 0 Å². The van der Waals surface area contributed by atoms with Gasteiger partial charge in [0.1, 0.15) is 6.61 Å². The zero-order chi connectivity index (χ0) is 14.8. The fraction of sp³-hybridized carbons (Fsp3) is 0.667. The van der Waals surface area contributed by atoms with Gasteiger partial charge in [-0.25, -0.2) is 0 Å². The molecular weight excluding hydrogens is 262 g/mol. The lowest BCUT2D eigenvalue weighted by Gasteiger charge is -2.21. The van der Waals surface area contributed by atoms with Crippen LogP contribution in [0.1, 0.15) is 45.4 Å². The third kappa shape index (κ3) is 5.96. The number of benzene rings is 1. The SMILES string of the molecule is CCCOc1ccccc1OCCNCC1CCCCC1. The molecule has 0 amide bonds. The topological polar surface area (TPSA) is 30.5 Å². The first-order chi connectivity index (χ1) is 10.4. The zero-order valence-corrected chi connectivity index (χ0v) is 13.3. The molecule has 3 nitrogen and oxygen atoms in total. The molecule has 1 saturated carbocycles. The highest BCUT2D eigenvalue weighted by Crippen LogP contribution is 2.26. The lowest BCUT2D eigenvalue weighted by Crippen LogP contribution is -2.28. The first-order valence-electron chi connectivity index (χ1n) is 8.45. The van der Waals surface area contributed by atoms with E-state index in [2.05, 4.69) is 12.2 Å². The van der Waals surface area contributed by atoms with Crippen molar-refractivity contribution in [2.24, 2.45) is 5.92 Å². The normalized spacial score (nSPS) is 15.9. The summed E-state index contributed by atoms with van der Waals surface area (Å²) in [4.78, 5) is 0. The maximum absolute atomic E-state index is 5.84. The molecule has 1 N–H and O–H groups in total. The van der Waals surface area contributed by atoms with Crippen LogP contribution in [0.4, 0.5) is 0 Å². The van der Waals surface area contributed by atoms with E-state index in [0.29, 0.717) is 6.61 Å². The highest BCUT2D eigenvalue weighted by atomic mass is 16.5. The van der Waals surface area contributed by atoms with Gasteiger partial charge in [-0.05, 0) is 43.9 Å². The van der Waals surface area contributed by atoms with Gasteiger partial charge in [-0.1, -0.05) is 38.3 Å². The van der Waals surface area contributed by atoms with Crippen molar-refractivity contribution in [2.75, 3.05) is 26.3 Å². The molecule has 1 aromatic rings. The second-order valence-electron chi connectivity index (χ2n) is 5.85. The van der Waals surface area contributed by atoms with Gasteiger partial charge < -0.3 is 14.8 Å². The largest absolute Gasteiger partial charge is 0.490 e. The van der Waals surface area contributed by atoms with E-state index in [0.717, 1.165) is 43.5 Å². The first kappa shape index (κ1) is 16.2. The first-order valence-corrected chi connectivity index (χ1v) is 8.45. The highest BCUT2D eigenvalue weighted by Gasteiger charge is 2.12. The van der Waals surface area contributed by atoms with Gasteiger partial charge in [0.05, 0.1) is 6.61 Å². The fourth-order valence-corrected chi connectivity index (χ4v) is 2.83. The highest BCUT2D eigenvalue weighted by molar-refractivity contribution is 5.39. The number of ether oxygens (including phenoxy) is 2. The molecule has 0 unspecified atom stereocenters. The fourth-order valence-electron chi connectivity index (χ4n) is 2.83. The van der Waals surface area contributed by atoms with Gasteiger partial charge in [0.15, 0.2) is 11.5 Å². The van der Waals surface area contributed by atoms with Crippen LogP contribution in [0, 0.1) is 5.92 Å². The van der Waals surface area contributed by atoms with Crippen LogP contribution in [0.25, 0.3) is 0 Å². The van der Waals surface area contributed by atoms with Crippen molar-refractivity contribution in [1.82, 2.24) is 5.32 Å². The third-order valence-corrected chi connectivity index (χ3v) is 4.01. The Hall–Kier alpha value is -1.22. The van der Waals surface area contributed by atoms with Crippen molar-refractivity contribution in [2.45, 2.75) is 45.4 Å². The van der Waals surface area contributed by atoms with Crippen molar-refractivity contribution < 1.29 is 9.47 Å². The smallest absolute Gasteiger partial charge is 0.161 e. The van der Waals surface area contributed by atoms with E-state index in [1.54, 1.807) is 0 Å². The Bertz CT molecular complexity index is 389. The summed E-state index contributed by atoms with van der Waals surface area (Å²) in [5.74, 6) is 2.58. The summed E-state index contributed by atoms with van der Waals surface area (Å²) in [5, 5.41) is 3.52. The van der Waals surface area contributed by atoms with Crippen LogP contribution < -0.4 is 14.8 Å². The van der Waals surface area contributed by atoms with E-state index in [9.17, 15) is 0 Å². The number of hydrogen-bond donors (Lipinski definition) is 1. The Morgan fingerprint density at radius 3 is 2.33 bits per heavy atom. The van der Waals surface area contributed by atoms with Gasteiger partial charge in [-0.15, -0.1) is 0 Å². The maximum atomic E-state index is 5.84. The van der Waals surface area contributed by atoms with Gasteiger partial charge in [-0.2, -0.15) is 0 Å². The van der Waals surface area contributed by atoms with E-state index in [1.165, 1.54) is 32.1 Å². The molecule has 0 saturated heterocycles. The average Bonchev–Trinajstić information content (AvgIpc) is 2.54. The Kier molecular flexibility index (Phi) is 7.44. The van der Waals surface area contributed by atoms with Crippen LogP contribution in [-0.2, 0) is 0 Å². The molecule has 3 heteroatoms. The third-order valence-electron chi connectivity index (χ3n) is 4.01. The maximum Gasteiger partial charge on any atom is 0.161 e. The number of hydrogen-bond acceptors (Lipinski definition) is 3. The van der Waals surface area contributed by atoms with Crippen molar-refractivity contribution >= 4 is 0 Å². The van der Waals surface area contributed by atoms with Crippen LogP contribution in [0.3, 0.4) is 0 Å². The Morgan fingerprint density at radius 2 is 1.67 bits per heavy atom. The second kappa shape index (κ2) is 9.67. The van der Waals surface area contributed by atoms with Gasteiger partial charge in [0.2, 0.25) is 0 Å². The van der Waals surface area contributed by atoms with Crippen molar-refractivity contribution in [1.29, 1.82) is 0 Å². The number of para-hydroxylation sites is 2. The molecule has 1 aliphatic rings. The van der Waals surface area contributed by atoms with E-state index >= 15 is 0 Å². The van der Waals surface area contributed by atoms with E-state index in [4.69, 9.17) is 9.47 Å². The summed E-state index contributed by atoms with van der Waals surface area (Å²) in [6.45, 7) is 5.58. The van der Waals surface area contributed by atoms with Gasteiger partial charge in [0.25, 0.3) is 0 Å².